The van der Waals surface area contributed by atoms with E-state index in [4.69, 9.17) is 11.6 Å². The van der Waals surface area contributed by atoms with Crippen LogP contribution in [0.15, 0.2) is 16.6 Å². The Morgan fingerprint density at radius 3 is 2.83 bits per heavy atom. The normalized spacial score (nSPS) is 12.4. The quantitative estimate of drug-likeness (QED) is 0.565. The molecule has 0 aromatic heterocycles. The van der Waals surface area contributed by atoms with Gasteiger partial charge in [-0.3, -0.25) is 4.99 Å². The van der Waals surface area contributed by atoms with Gasteiger partial charge in [-0.25, -0.2) is 0 Å². The van der Waals surface area contributed by atoms with Gasteiger partial charge >= 0.3 is 0 Å². The van der Waals surface area contributed by atoms with Crippen LogP contribution in [0, 0.1) is 0 Å². The summed E-state index contributed by atoms with van der Waals surface area (Å²) in [6.45, 7) is 5.81. The highest BCUT2D eigenvalue weighted by atomic mass is 35.5. The molecule has 0 spiro atoms. The number of nitrogens with zero attached hydrogens (tertiary/aromatic N) is 1. The van der Waals surface area contributed by atoms with Crippen LogP contribution in [0.25, 0.3) is 0 Å². The number of nitrogens with one attached hydrogen (secondary N) is 1. The Balaban J connectivity index is 3.71. The summed E-state index contributed by atoms with van der Waals surface area (Å²) in [4.78, 5) is 4.28. The summed E-state index contributed by atoms with van der Waals surface area (Å²) in [6, 6.07) is 0. The second-order valence-electron chi connectivity index (χ2n) is 1.98. The van der Waals surface area contributed by atoms with E-state index in [0.717, 1.165) is 24.0 Å². The standard InChI is InChI=1S/C8H15ClN2S/c1-3-10-8(11-4-2)12-7-5-6-9/h5-6H,3-4,7H2,1-2H3,(H,10,11)/b6-5+. The Morgan fingerprint density at radius 2 is 2.33 bits per heavy atom. The van der Waals surface area contributed by atoms with Crippen molar-refractivity contribution in [3.05, 3.63) is 11.6 Å². The lowest BCUT2D eigenvalue weighted by Gasteiger charge is -2.04. The highest BCUT2D eigenvalue weighted by molar-refractivity contribution is 8.13. The molecule has 0 heterocycles. The molecule has 12 heavy (non-hydrogen) atoms. The molecule has 4 heteroatoms. The number of hydrogen-bond acceptors (Lipinski definition) is 2. The minimum absolute atomic E-state index is 0.819. The van der Waals surface area contributed by atoms with Crippen LogP contribution in [0.2, 0.25) is 0 Å². The Hall–Kier alpha value is -0.150. The van der Waals surface area contributed by atoms with E-state index in [0.29, 0.717) is 0 Å². The second kappa shape index (κ2) is 8.94. The third-order valence-corrected chi connectivity index (χ3v) is 2.12. The fourth-order valence-electron chi connectivity index (χ4n) is 0.611. The first-order valence-electron chi connectivity index (χ1n) is 4.01. The first-order valence-corrected chi connectivity index (χ1v) is 5.43. The Labute approximate surface area is 83.5 Å². The monoisotopic (exact) mass is 206 g/mol. The summed E-state index contributed by atoms with van der Waals surface area (Å²) in [6.07, 6.45) is 1.90. The molecule has 0 radical (unpaired) electrons. The summed E-state index contributed by atoms with van der Waals surface area (Å²) < 4.78 is 0. The Morgan fingerprint density at radius 1 is 1.58 bits per heavy atom. The SMILES string of the molecule is CCN=C(NCC)SC/C=C/Cl. The van der Waals surface area contributed by atoms with Crippen molar-refractivity contribution in [1.82, 2.24) is 5.32 Å². The maximum absolute atomic E-state index is 5.38. The zero-order chi connectivity index (χ0) is 9.23. The molecule has 70 valence electrons. The minimum Gasteiger partial charge on any atom is -0.365 e. The van der Waals surface area contributed by atoms with Crippen molar-refractivity contribution in [2.24, 2.45) is 4.99 Å². The molecule has 0 saturated carbocycles. The predicted molar refractivity (Wildman–Crippen MR) is 59.1 cm³/mol. The molecule has 0 aliphatic heterocycles. The first kappa shape index (κ1) is 11.8. The first-order chi connectivity index (χ1) is 5.85. The Bertz CT molecular complexity index is 157. The topological polar surface area (TPSA) is 24.4 Å². The molecule has 0 unspecified atom stereocenters. The van der Waals surface area contributed by atoms with E-state index in [1.54, 1.807) is 11.8 Å². The van der Waals surface area contributed by atoms with Crippen LogP contribution in [0.5, 0.6) is 0 Å². The van der Waals surface area contributed by atoms with Gasteiger partial charge in [-0.15, -0.1) is 0 Å². The lowest BCUT2D eigenvalue weighted by Crippen LogP contribution is -2.20. The number of rotatable bonds is 4. The van der Waals surface area contributed by atoms with Crippen molar-refractivity contribution in [3.8, 4) is 0 Å². The van der Waals surface area contributed by atoms with Gasteiger partial charge in [-0.1, -0.05) is 29.4 Å². The molecule has 0 aliphatic rings. The van der Waals surface area contributed by atoms with Crippen molar-refractivity contribution in [2.75, 3.05) is 18.8 Å². The molecule has 0 aromatic rings. The van der Waals surface area contributed by atoms with Crippen molar-refractivity contribution < 1.29 is 0 Å². The molecule has 0 atom stereocenters. The van der Waals surface area contributed by atoms with Crippen LogP contribution in [-0.4, -0.2) is 24.0 Å². The molecule has 0 rings (SSSR count). The van der Waals surface area contributed by atoms with Crippen molar-refractivity contribution in [1.29, 1.82) is 0 Å². The molecule has 2 nitrogen and oxygen atoms in total. The molecule has 0 aliphatic carbocycles. The van der Waals surface area contributed by atoms with Crippen LogP contribution in [0.1, 0.15) is 13.8 Å². The highest BCUT2D eigenvalue weighted by Crippen LogP contribution is 2.02. The van der Waals surface area contributed by atoms with E-state index in [1.807, 2.05) is 13.0 Å². The lowest BCUT2D eigenvalue weighted by molar-refractivity contribution is 0.965. The summed E-state index contributed by atoms with van der Waals surface area (Å²) in [5.74, 6) is 0.870. The minimum atomic E-state index is 0.819. The predicted octanol–water partition coefficient (Wildman–Crippen LogP) is 2.46. The maximum Gasteiger partial charge on any atom is 0.156 e. The van der Waals surface area contributed by atoms with Gasteiger partial charge in [0.25, 0.3) is 0 Å². The van der Waals surface area contributed by atoms with Gasteiger partial charge < -0.3 is 5.32 Å². The van der Waals surface area contributed by atoms with Crippen LogP contribution >= 0.6 is 23.4 Å². The van der Waals surface area contributed by atoms with E-state index in [1.165, 1.54) is 5.54 Å². The van der Waals surface area contributed by atoms with Crippen molar-refractivity contribution in [3.63, 3.8) is 0 Å². The van der Waals surface area contributed by atoms with E-state index in [2.05, 4.69) is 17.2 Å². The smallest absolute Gasteiger partial charge is 0.156 e. The third kappa shape index (κ3) is 6.55. The second-order valence-corrected chi connectivity index (χ2v) is 3.24. The number of thioether (sulfide) groups is 1. The number of hydrogen-bond donors (Lipinski definition) is 1. The summed E-state index contributed by atoms with van der Waals surface area (Å²) >= 11 is 7.05. The van der Waals surface area contributed by atoms with Gasteiger partial charge in [0.2, 0.25) is 0 Å². The molecule has 0 fully saturated rings. The van der Waals surface area contributed by atoms with Gasteiger partial charge in [-0.2, -0.15) is 0 Å². The van der Waals surface area contributed by atoms with Crippen LogP contribution < -0.4 is 5.32 Å². The van der Waals surface area contributed by atoms with Gasteiger partial charge in [-0.05, 0) is 13.8 Å². The summed E-state index contributed by atoms with van der Waals surface area (Å²) in [5, 5.41) is 4.17. The molecule has 0 amide bonds. The van der Waals surface area contributed by atoms with Crippen LogP contribution in [-0.2, 0) is 0 Å². The van der Waals surface area contributed by atoms with Crippen molar-refractivity contribution >= 4 is 28.5 Å². The van der Waals surface area contributed by atoms with Crippen LogP contribution in [0.4, 0.5) is 0 Å². The average Bonchev–Trinajstić information content (AvgIpc) is 2.06. The largest absolute Gasteiger partial charge is 0.365 e. The van der Waals surface area contributed by atoms with E-state index >= 15 is 0 Å². The van der Waals surface area contributed by atoms with Crippen LogP contribution in [0.3, 0.4) is 0 Å². The van der Waals surface area contributed by atoms with Gasteiger partial charge in [0.15, 0.2) is 5.17 Å². The lowest BCUT2D eigenvalue weighted by atomic mass is 10.7. The summed E-state index contributed by atoms with van der Waals surface area (Å²) in [7, 11) is 0. The fourth-order valence-corrected chi connectivity index (χ4v) is 1.62. The Kier molecular flexibility index (Phi) is 8.83. The number of amidine groups is 1. The van der Waals surface area contributed by atoms with Gasteiger partial charge in [0.05, 0.1) is 0 Å². The molecular formula is C8H15ClN2S. The zero-order valence-electron chi connectivity index (χ0n) is 7.51. The van der Waals surface area contributed by atoms with E-state index in [-0.39, 0.29) is 0 Å². The maximum atomic E-state index is 5.38. The molecule has 0 saturated heterocycles. The average molecular weight is 207 g/mol. The van der Waals surface area contributed by atoms with E-state index in [9.17, 15) is 0 Å². The number of halogens is 1. The third-order valence-electron chi connectivity index (χ3n) is 1.04. The van der Waals surface area contributed by atoms with Gasteiger partial charge in [0, 0.05) is 24.4 Å². The van der Waals surface area contributed by atoms with Gasteiger partial charge in [0.1, 0.15) is 0 Å². The highest BCUT2D eigenvalue weighted by Gasteiger charge is 1.94. The molecular weight excluding hydrogens is 192 g/mol. The summed E-state index contributed by atoms with van der Waals surface area (Å²) in [5.41, 5.74) is 1.53. The number of aliphatic imine (C=N–C) groups is 1. The fraction of sp³-hybridized carbons (Fsp3) is 0.625. The molecule has 0 aromatic carbocycles. The molecule has 1 N–H and O–H groups in total. The zero-order valence-corrected chi connectivity index (χ0v) is 9.08. The van der Waals surface area contributed by atoms with E-state index < -0.39 is 0 Å². The molecule has 0 bridgehead atoms. The van der Waals surface area contributed by atoms with Crippen molar-refractivity contribution in [2.45, 2.75) is 13.8 Å².